The van der Waals surface area contributed by atoms with Crippen molar-refractivity contribution in [1.29, 1.82) is 0 Å². The fourth-order valence-corrected chi connectivity index (χ4v) is 4.28. The predicted octanol–water partition coefficient (Wildman–Crippen LogP) is 1.57. The molecule has 0 unspecified atom stereocenters. The third-order valence-electron chi connectivity index (χ3n) is 4.40. The van der Waals surface area contributed by atoms with Gasteiger partial charge in [0.25, 0.3) is 0 Å². The van der Waals surface area contributed by atoms with Gasteiger partial charge in [-0.1, -0.05) is 32.0 Å². The van der Waals surface area contributed by atoms with Gasteiger partial charge in [-0.2, -0.15) is 0 Å². The van der Waals surface area contributed by atoms with Gasteiger partial charge in [0, 0.05) is 13.1 Å². The predicted molar refractivity (Wildman–Crippen MR) is 95.7 cm³/mol. The van der Waals surface area contributed by atoms with E-state index in [1.165, 1.54) is 9.80 Å². The molecule has 0 spiro atoms. The summed E-state index contributed by atoms with van der Waals surface area (Å²) >= 11 is 0. The van der Waals surface area contributed by atoms with Crippen molar-refractivity contribution < 1.29 is 18.0 Å². The van der Waals surface area contributed by atoms with Crippen LogP contribution in [0.5, 0.6) is 0 Å². The molecule has 0 aliphatic carbocycles. The van der Waals surface area contributed by atoms with Crippen LogP contribution in [0.25, 0.3) is 0 Å². The summed E-state index contributed by atoms with van der Waals surface area (Å²) in [6.07, 6.45) is 0.534. The molecule has 1 aliphatic heterocycles. The Morgan fingerprint density at radius 2 is 1.80 bits per heavy atom. The lowest BCUT2D eigenvalue weighted by Crippen LogP contribution is -2.60. The van der Waals surface area contributed by atoms with Gasteiger partial charge in [-0.3, -0.25) is 9.59 Å². The van der Waals surface area contributed by atoms with Gasteiger partial charge >= 0.3 is 0 Å². The summed E-state index contributed by atoms with van der Waals surface area (Å²) in [6, 6.07) is 7.61. The number of rotatable bonds is 7. The summed E-state index contributed by atoms with van der Waals surface area (Å²) in [5.41, 5.74) is 0. The zero-order chi connectivity index (χ0) is 18.6. The number of carbonyl (C=O) groups excluding carboxylic acids is 2. The molecule has 1 aromatic rings. The molecule has 0 bridgehead atoms. The number of nitrogens with zero attached hydrogens (tertiary/aromatic N) is 2. The van der Waals surface area contributed by atoms with Crippen LogP contribution < -0.4 is 0 Å². The van der Waals surface area contributed by atoms with Crippen molar-refractivity contribution in [3.63, 3.8) is 0 Å². The first-order valence-electron chi connectivity index (χ1n) is 8.62. The number of sulfone groups is 1. The maximum atomic E-state index is 12.6. The topological polar surface area (TPSA) is 74.8 Å². The maximum absolute atomic E-state index is 12.6. The van der Waals surface area contributed by atoms with Gasteiger partial charge in [0.2, 0.25) is 11.8 Å². The summed E-state index contributed by atoms with van der Waals surface area (Å²) < 4.78 is 25.0. The van der Waals surface area contributed by atoms with E-state index in [2.05, 4.69) is 0 Å². The Bertz CT molecular complexity index is 716. The lowest BCUT2D eigenvalue weighted by Gasteiger charge is -2.40. The van der Waals surface area contributed by atoms with Gasteiger partial charge in [-0.05, 0) is 31.4 Å². The number of amides is 2. The van der Waals surface area contributed by atoms with Crippen LogP contribution in [0.2, 0.25) is 0 Å². The van der Waals surface area contributed by atoms with E-state index in [-0.39, 0.29) is 41.5 Å². The Kier molecular flexibility index (Phi) is 6.21. The second kappa shape index (κ2) is 7.99. The number of carbonyl (C=O) groups is 2. The molecule has 1 saturated heterocycles. The Morgan fingerprint density at radius 1 is 1.16 bits per heavy atom. The van der Waals surface area contributed by atoms with E-state index in [4.69, 9.17) is 0 Å². The average Bonchev–Trinajstić information content (AvgIpc) is 2.57. The van der Waals surface area contributed by atoms with Gasteiger partial charge in [0.1, 0.15) is 6.04 Å². The molecule has 0 radical (unpaired) electrons. The first-order valence-corrected chi connectivity index (χ1v) is 10.3. The van der Waals surface area contributed by atoms with E-state index < -0.39 is 15.9 Å². The molecule has 25 heavy (non-hydrogen) atoms. The molecule has 1 atom stereocenters. The fourth-order valence-electron chi connectivity index (χ4n) is 3.04. The van der Waals surface area contributed by atoms with E-state index in [1.807, 2.05) is 20.8 Å². The normalized spacial score (nSPS) is 19.0. The van der Waals surface area contributed by atoms with Crippen LogP contribution in [-0.4, -0.2) is 61.5 Å². The molecule has 138 valence electrons. The molecule has 0 aromatic heterocycles. The third-order valence-corrected chi connectivity index (χ3v) is 6.11. The van der Waals surface area contributed by atoms with E-state index in [0.717, 1.165) is 0 Å². The molecule has 0 N–H and O–H groups in total. The van der Waals surface area contributed by atoms with Crippen molar-refractivity contribution in [1.82, 2.24) is 9.80 Å². The zero-order valence-electron chi connectivity index (χ0n) is 15.0. The van der Waals surface area contributed by atoms with E-state index >= 15 is 0 Å². The van der Waals surface area contributed by atoms with Gasteiger partial charge in [0.05, 0.1) is 17.2 Å². The van der Waals surface area contributed by atoms with Crippen LogP contribution in [0.1, 0.15) is 27.2 Å². The number of benzene rings is 1. The summed E-state index contributed by atoms with van der Waals surface area (Å²) in [5.74, 6) is -0.230. The molecule has 6 nitrogen and oxygen atoms in total. The van der Waals surface area contributed by atoms with Crippen molar-refractivity contribution in [2.45, 2.75) is 38.1 Å². The zero-order valence-corrected chi connectivity index (χ0v) is 15.8. The van der Waals surface area contributed by atoms with E-state index in [0.29, 0.717) is 13.0 Å². The highest BCUT2D eigenvalue weighted by atomic mass is 32.2. The maximum Gasteiger partial charge on any atom is 0.245 e. The summed E-state index contributed by atoms with van der Waals surface area (Å²) in [6.45, 7) is 6.36. The minimum absolute atomic E-state index is 0.0231. The molecular formula is C18H26N2O4S. The Balaban J connectivity index is 2.17. The van der Waals surface area contributed by atoms with Crippen LogP contribution in [-0.2, 0) is 19.4 Å². The van der Waals surface area contributed by atoms with Gasteiger partial charge in [-0.15, -0.1) is 0 Å². The lowest BCUT2D eigenvalue weighted by molar-refractivity contribution is -0.156. The van der Waals surface area contributed by atoms with Crippen LogP contribution in [0.15, 0.2) is 35.2 Å². The van der Waals surface area contributed by atoms with Crippen molar-refractivity contribution in [3.8, 4) is 0 Å². The van der Waals surface area contributed by atoms with Crippen LogP contribution >= 0.6 is 0 Å². The molecule has 2 rings (SSSR count). The average molecular weight is 366 g/mol. The summed E-state index contributed by atoms with van der Waals surface area (Å²) in [7, 11) is -3.49. The van der Waals surface area contributed by atoms with Crippen molar-refractivity contribution in [3.05, 3.63) is 30.3 Å². The smallest absolute Gasteiger partial charge is 0.245 e. The van der Waals surface area contributed by atoms with Crippen LogP contribution in [0.3, 0.4) is 0 Å². The first kappa shape index (κ1) is 19.4. The molecular weight excluding hydrogens is 340 g/mol. The number of hydrogen-bond acceptors (Lipinski definition) is 4. The Hall–Kier alpha value is -1.89. The molecule has 0 saturated carbocycles. The van der Waals surface area contributed by atoms with Crippen molar-refractivity contribution >= 4 is 21.7 Å². The molecule has 1 aromatic carbocycles. The van der Waals surface area contributed by atoms with E-state index in [1.54, 1.807) is 30.3 Å². The summed E-state index contributed by atoms with van der Waals surface area (Å²) in [5, 5.41) is 0. The van der Waals surface area contributed by atoms with Gasteiger partial charge in [-0.25, -0.2) is 8.42 Å². The Morgan fingerprint density at radius 3 is 2.36 bits per heavy atom. The highest BCUT2D eigenvalue weighted by Gasteiger charge is 2.39. The highest BCUT2D eigenvalue weighted by Crippen LogP contribution is 2.20. The second-order valence-electron chi connectivity index (χ2n) is 6.72. The number of piperazine rings is 1. The van der Waals surface area contributed by atoms with Crippen LogP contribution in [0.4, 0.5) is 0 Å². The van der Waals surface area contributed by atoms with Crippen molar-refractivity contribution in [2.75, 3.05) is 25.4 Å². The van der Waals surface area contributed by atoms with Gasteiger partial charge in [0.15, 0.2) is 9.84 Å². The minimum atomic E-state index is -3.49. The monoisotopic (exact) mass is 366 g/mol. The first-order chi connectivity index (χ1) is 11.8. The fraction of sp³-hybridized carbons (Fsp3) is 0.556. The SMILES string of the molecule is CCN1CC(=O)N(CCS(=O)(=O)c2ccccc2)[C@@H](CC(C)C)C1=O. The number of hydrogen-bond donors (Lipinski definition) is 0. The standard InChI is InChI=1S/C18H26N2O4S/c1-4-19-13-17(21)20(16(18(19)22)12-14(2)3)10-11-25(23,24)15-8-6-5-7-9-15/h5-9,14,16H,4,10-13H2,1-3H3/t16-/m0/s1. The quantitative estimate of drug-likeness (QED) is 0.734. The molecule has 7 heteroatoms. The molecule has 2 amide bonds. The number of likely N-dealkylation sites (N-methyl/N-ethyl adjacent to an activating group) is 1. The molecule has 1 aliphatic rings. The lowest BCUT2D eigenvalue weighted by atomic mass is 9.99. The van der Waals surface area contributed by atoms with Gasteiger partial charge < -0.3 is 9.80 Å². The largest absolute Gasteiger partial charge is 0.332 e. The van der Waals surface area contributed by atoms with Crippen LogP contribution in [0, 0.1) is 5.92 Å². The summed E-state index contributed by atoms with van der Waals surface area (Å²) in [4.78, 5) is 28.3. The van der Waals surface area contributed by atoms with Crippen molar-refractivity contribution in [2.24, 2.45) is 5.92 Å². The Labute approximate surface area is 149 Å². The minimum Gasteiger partial charge on any atom is -0.332 e. The molecule has 1 heterocycles. The second-order valence-corrected chi connectivity index (χ2v) is 8.83. The highest BCUT2D eigenvalue weighted by molar-refractivity contribution is 7.91. The molecule has 1 fully saturated rings. The van der Waals surface area contributed by atoms with E-state index in [9.17, 15) is 18.0 Å². The third kappa shape index (κ3) is 4.60.